The summed E-state index contributed by atoms with van der Waals surface area (Å²) in [5.74, 6) is 5.57. The highest BCUT2D eigenvalue weighted by Crippen LogP contribution is 2.09. The number of allylic oxidation sites excluding steroid dienone is 4. The van der Waals surface area contributed by atoms with Gasteiger partial charge in [-0.15, -0.1) is 0 Å². The summed E-state index contributed by atoms with van der Waals surface area (Å²) in [5, 5.41) is 19.3. The van der Waals surface area contributed by atoms with Crippen molar-refractivity contribution in [2.75, 3.05) is 0 Å². The Morgan fingerprint density at radius 3 is 1.75 bits per heavy atom. The Labute approximate surface area is 117 Å². The molecule has 0 bridgehead atoms. The molecule has 4 nitrogen and oxygen atoms in total. The van der Waals surface area contributed by atoms with Crippen LogP contribution in [0.4, 0.5) is 0 Å². The molecule has 0 fully saturated rings. The van der Waals surface area contributed by atoms with Crippen molar-refractivity contribution >= 4 is 11.7 Å². The lowest BCUT2D eigenvalue weighted by molar-refractivity contribution is 0.263. The molecule has 20 heavy (non-hydrogen) atoms. The molecule has 2 aliphatic carbocycles. The van der Waals surface area contributed by atoms with Gasteiger partial charge in [0.25, 0.3) is 0 Å². The molecule has 2 unspecified atom stereocenters. The van der Waals surface area contributed by atoms with Gasteiger partial charge < -0.3 is 10.2 Å². The smallest absolute Gasteiger partial charge is 0.155 e. The molecular weight excluding hydrogens is 252 g/mol. The van der Waals surface area contributed by atoms with E-state index in [0.29, 0.717) is 11.1 Å². The van der Waals surface area contributed by atoms with Crippen molar-refractivity contribution in [1.82, 2.24) is 0 Å². The number of aliphatic hydroxyl groups excluding tert-OH is 2. The van der Waals surface area contributed by atoms with Gasteiger partial charge in [-0.25, -0.2) is 9.98 Å². The number of rotatable bonds is 2. The lowest BCUT2D eigenvalue weighted by Crippen LogP contribution is -2.08. The van der Waals surface area contributed by atoms with E-state index in [-0.39, 0.29) is 6.17 Å². The van der Waals surface area contributed by atoms with Crippen molar-refractivity contribution in [3.8, 4) is 0 Å². The van der Waals surface area contributed by atoms with Crippen LogP contribution >= 0.6 is 0 Å². The minimum Gasteiger partial charge on any atom is -0.384 e. The predicted octanol–water partition coefficient (Wildman–Crippen LogP) is 1.50. The molecule has 102 valence electrons. The third-order valence-electron chi connectivity index (χ3n) is 2.76. The van der Waals surface area contributed by atoms with Crippen LogP contribution in [0.1, 0.15) is 6.92 Å². The standard InChI is InChI=1S/C16H16N2O2/c1-12(17-10-13-6-2-4-8-15(13)19)18-11-14-7-3-5-9-16(14)20/h2-9,12,15-16,19-20H,1H3. The Kier molecular flexibility index (Phi) is 4.83. The summed E-state index contributed by atoms with van der Waals surface area (Å²) in [6, 6.07) is 0. The first-order chi connectivity index (χ1) is 9.66. The first-order valence-electron chi connectivity index (χ1n) is 6.38. The summed E-state index contributed by atoms with van der Waals surface area (Å²) in [4.78, 5) is 8.22. The second-order valence-electron chi connectivity index (χ2n) is 4.40. The van der Waals surface area contributed by atoms with Gasteiger partial charge in [0, 0.05) is 11.1 Å². The Bertz CT molecular complexity index is 556. The van der Waals surface area contributed by atoms with Crippen LogP contribution in [0, 0.1) is 0 Å². The number of nitrogens with zero attached hydrogens (tertiary/aromatic N) is 2. The van der Waals surface area contributed by atoms with Crippen LogP contribution in [0.25, 0.3) is 0 Å². The van der Waals surface area contributed by atoms with E-state index >= 15 is 0 Å². The van der Waals surface area contributed by atoms with Crippen molar-refractivity contribution in [3.05, 3.63) is 59.8 Å². The third kappa shape index (κ3) is 3.89. The molecule has 0 aromatic heterocycles. The summed E-state index contributed by atoms with van der Waals surface area (Å²) in [6.45, 7) is 1.78. The monoisotopic (exact) mass is 268 g/mol. The average molecular weight is 268 g/mol. The third-order valence-corrected chi connectivity index (χ3v) is 2.76. The van der Waals surface area contributed by atoms with Crippen molar-refractivity contribution in [2.45, 2.75) is 25.3 Å². The molecule has 0 aromatic carbocycles. The van der Waals surface area contributed by atoms with E-state index in [1.807, 2.05) is 12.2 Å². The van der Waals surface area contributed by atoms with Gasteiger partial charge >= 0.3 is 0 Å². The summed E-state index contributed by atoms with van der Waals surface area (Å²) in [5.41, 5.74) is 1.20. The van der Waals surface area contributed by atoms with E-state index in [1.165, 1.54) is 0 Å². The number of hydrogen-bond acceptors (Lipinski definition) is 4. The molecule has 0 saturated carbocycles. The van der Waals surface area contributed by atoms with Crippen molar-refractivity contribution in [2.24, 2.45) is 9.98 Å². The fraction of sp³-hybridized carbons (Fsp3) is 0.250. The molecule has 2 aliphatic rings. The van der Waals surface area contributed by atoms with E-state index in [1.54, 1.807) is 43.4 Å². The molecule has 0 amide bonds. The highest BCUT2D eigenvalue weighted by Gasteiger charge is 2.07. The Balaban J connectivity index is 2.11. The summed E-state index contributed by atoms with van der Waals surface area (Å²) < 4.78 is 0. The largest absolute Gasteiger partial charge is 0.384 e. The highest BCUT2D eigenvalue weighted by atomic mass is 16.3. The van der Waals surface area contributed by atoms with E-state index < -0.39 is 12.2 Å². The minimum atomic E-state index is -0.675. The van der Waals surface area contributed by atoms with Gasteiger partial charge in [-0.05, 0) is 30.8 Å². The van der Waals surface area contributed by atoms with Gasteiger partial charge in [0.2, 0.25) is 0 Å². The van der Waals surface area contributed by atoms with Crippen LogP contribution in [0.2, 0.25) is 0 Å². The van der Waals surface area contributed by atoms with Crippen LogP contribution in [-0.2, 0) is 0 Å². The highest BCUT2D eigenvalue weighted by molar-refractivity contribution is 5.67. The maximum absolute atomic E-state index is 9.65. The second-order valence-corrected chi connectivity index (χ2v) is 4.40. The number of aliphatic imine (C=N–C) groups is 2. The molecule has 0 aliphatic heterocycles. The van der Waals surface area contributed by atoms with Crippen LogP contribution < -0.4 is 0 Å². The zero-order valence-corrected chi connectivity index (χ0v) is 11.1. The number of aliphatic hydroxyl groups is 2. The quantitative estimate of drug-likeness (QED) is 0.745. The molecule has 0 saturated heterocycles. The van der Waals surface area contributed by atoms with Crippen LogP contribution in [-0.4, -0.2) is 40.3 Å². The number of hydrogen-bond donors (Lipinski definition) is 2. The van der Waals surface area contributed by atoms with E-state index in [0.717, 1.165) is 0 Å². The topological polar surface area (TPSA) is 65.2 Å². The van der Waals surface area contributed by atoms with Gasteiger partial charge in [-0.3, -0.25) is 0 Å². The van der Waals surface area contributed by atoms with E-state index in [4.69, 9.17) is 0 Å². The van der Waals surface area contributed by atoms with Gasteiger partial charge in [-0.2, -0.15) is 0 Å². The molecule has 2 atom stereocenters. The average Bonchev–Trinajstić information content (AvgIpc) is 2.45. The second kappa shape index (κ2) is 6.80. The van der Waals surface area contributed by atoms with E-state index in [9.17, 15) is 10.2 Å². The fourth-order valence-electron chi connectivity index (χ4n) is 1.63. The molecule has 0 aromatic rings. The van der Waals surface area contributed by atoms with Crippen molar-refractivity contribution in [1.29, 1.82) is 0 Å². The van der Waals surface area contributed by atoms with Gasteiger partial charge in [0.15, 0.2) is 6.17 Å². The maximum atomic E-state index is 9.65. The molecule has 2 rings (SSSR count). The predicted molar refractivity (Wildman–Crippen MR) is 79.9 cm³/mol. The van der Waals surface area contributed by atoms with Crippen LogP contribution in [0.15, 0.2) is 69.7 Å². The fourth-order valence-corrected chi connectivity index (χ4v) is 1.63. The molecule has 0 radical (unpaired) electrons. The molecule has 2 N–H and O–H groups in total. The maximum Gasteiger partial charge on any atom is 0.155 e. The lowest BCUT2D eigenvalue weighted by Gasteiger charge is -2.07. The van der Waals surface area contributed by atoms with Crippen LogP contribution in [0.5, 0.6) is 0 Å². The van der Waals surface area contributed by atoms with Gasteiger partial charge in [0.1, 0.15) is 12.2 Å². The molecular formula is C16H16N2O2. The SMILES string of the molecule is CC(N=C=C1C=CC=CC1O)N=C=C1C=CC=CC1O. The first kappa shape index (κ1) is 14.2. The van der Waals surface area contributed by atoms with E-state index in [2.05, 4.69) is 21.7 Å². The van der Waals surface area contributed by atoms with Gasteiger partial charge in [0.05, 0.1) is 0 Å². The summed E-state index contributed by atoms with van der Waals surface area (Å²) in [6.07, 6.45) is 12.3. The first-order valence-corrected chi connectivity index (χ1v) is 6.38. The molecule has 4 heteroatoms. The van der Waals surface area contributed by atoms with Gasteiger partial charge in [-0.1, -0.05) is 36.5 Å². The van der Waals surface area contributed by atoms with Crippen molar-refractivity contribution in [3.63, 3.8) is 0 Å². The molecule has 0 spiro atoms. The van der Waals surface area contributed by atoms with Crippen molar-refractivity contribution < 1.29 is 10.2 Å². The molecule has 0 heterocycles. The summed E-state index contributed by atoms with van der Waals surface area (Å²) in [7, 11) is 0. The Morgan fingerprint density at radius 2 is 1.35 bits per heavy atom. The summed E-state index contributed by atoms with van der Waals surface area (Å²) >= 11 is 0. The lowest BCUT2D eigenvalue weighted by atomic mass is 10.1. The normalized spacial score (nSPS) is 25.1. The Morgan fingerprint density at radius 1 is 0.900 bits per heavy atom. The minimum absolute atomic E-state index is 0.381. The zero-order chi connectivity index (χ0) is 14.4. The Hall–Kier alpha value is -2.22. The van der Waals surface area contributed by atoms with Crippen LogP contribution in [0.3, 0.4) is 0 Å². The zero-order valence-electron chi connectivity index (χ0n) is 11.1.